The molecule has 0 aromatic heterocycles. The normalized spacial score (nSPS) is 12.5. The Bertz CT molecular complexity index is 733. The maximum Gasteiger partial charge on any atom is 0.238 e. The average molecular weight is 342 g/mol. The van der Waals surface area contributed by atoms with E-state index in [1.54, 1.807) is 25.3 Å². The molecule has 132 valence electrons. The highest BCUT2D eigenvalue weighted by Gasteiger charge is 2.12. The lowest BCUT2D eigenvalue weighted by Crippen LogP contribution is -2.29. The van der Waals surface area contributed by atoms with Gasteiger partial charge in [0.15, 0.2) is 11.5 Å². The molecule has 1 aliphatic heterocycles. The molecule has 6 heteroatoms. The van der Waals surface area contributed by atoms with E-state index < -0.39 is 0 Å². The number of carbonyl (C=O) groups is 1. The quantitative estimate of drug-likeness (QED) is 0.755. The van der Waals surface area contributed by atoms with E-state index in [1.165, 1.54) is 0 Å². The molecule has 0 radical (unpaired) electrons. The molecule has 0 atom stereocenters. The Kier molecular flexibility index (Phi) is 5.74. The summed E-state index contributed by atoms with van der Waals surface area (Å²) in [6.45, 7) is 2.00. The van der Waals surface area contributed by atoms with Crippen molar-refractivity contribution in [3.8, 4) is 17.2 Å². The summed E-state index contributed by atoms with van der Waals surface area (Å²) in [7, 11) is 1.66. The standard InChI is InChI=1S/C19H22N2O4/c1-23-16-5-3-2-4-14(16)8-9-20-13-19(22)21-15-6-7-17-18(12-15)25-11-10-24-17/h2-7,12,20H,8-11,13H2,1H3,(H,21,22). The van der Waals surface area contributed by atoms with Gasteiger partial charge in [-0.05, 0) is 36.7 Å². The van der Waals surface area contributed by atoms with E-state index in [0.29, 0.717) is 36.9 Å². The summed E-state index contributed by atoms with van der Waals surface area (Å²) in [6.07, 6.45) is 0.793. The first kappa shape index (κ1) is 17.1. The molecule has 0 unspecified atom stereocenters. The first-order valence-electron chi connectivity index (χ1n) is 8.28. The fraction of sp³-hybridized carbons (Fsp3) is 0.316. The minimum absolute atomic E-state index is 0.100. The van der Waals surface area contributed by atoms with Crippen LogP contribution in [0.2, 0.25) is 0 Å². The van der Waals surface area contributed by atoms with E-state index in [1.807, 2.05) is 24.3 Å². The highest BCUT2D eigenvalue weighted by molar-refractivity contribution is 5.92. The average Bonchev–Trinajstić information content (AvgIpc) is 2.65. The first-order valence-corrected chi connectivity index (χ1v) is 8.28. The highest BCUT2D eigenvalue weighted by atomic mass is 16.6. The molecule has 1 amide bonds. The predicted molar refractivity (Wildman–Crippen MR) is 95.6 cm³/mol. The highest BCUT2D eigenvalue weighted by Crippen LogP contribution is 2.32. The molecule has 2 aromatic rings. The number of rotatable bonds is 7. The summed E-state index contributed by atoms with van der Waals surface area (Å²) in [5.74, 6) is 2.13. The Morgan fingerprint density at radius 3 is 2.76 bits per heavy atom. The van der Waals surface area contributed by atoms with Gasteiger partial charge < -0.3 is 24.8 Å². The number of benzene rings is 2. The number of para-hydroxylation sites is 1. The smallest absolute Gasteiger partial charge is 0.238 e. The van der Waals surface area contributed by atoms with Crippen molar-refractivity contribution in [3.05, 3.63) is 48.0 Å². The molecule has 0 aliphatic carbocycles. The van der Waals surface area contributed by atoms with Crippen molar-refractivity contribution < 1.29 is 19.0 Å². The van der Waals surface area contributed by atoms with Crippen molar-refractivity contribution in [2.24, 2.45) is 0 Å². The SMILES string of the molecule is COc1ccccc1CCNCC(=O)Nc1ccc2c(c1)OCCO2. The van der Waals surface area contributed by atoms with Crippen LogP contribution in [0.1, 0.15) is 5.56 Å². The molecule has 0 fully saturated rings. The van der Waals surface area contributed by atoms with Gasteiger partial charge in [-0.25, -0.2) is 0 Å². The number of amides is 1. The third-order valence-corrected chi connectivity index (χ3v) is 3.88. The molecule has 6 nitrogen and oxygen atoms in total. The molecule has 3 rings (SSSR count). The van der Waals surface area contributed by atoms with Crippen LogP contribution in [-0.2, 0) is 11.2 Å². The van der Waals surface area contributed by atoms with Crippen molar-refractivity contribution >= 4 is 11.6 Å². The fourth-order valence-corrected chi connectivity index (χ4v) is 2.66. The van der Waals surface area contributed by atoms with Crippen molar-refractivity contribution in [1.82, 2.24) is 5.32 Å². The number of nitrogens with one attached hydrogen (secondary N) is 2. The number of ether oxygens (including phenoxy) is 3. The topological polar surface area (TPSA) is 68.8 Å². The molecule has 0 bridgehead atoms. The van der Waals surface area contributed by atoms with Gasteiger partial charge in [-0.3, -0.25) is 4.79 Å². The molecule has 0 saturated heterocycles. The monoisotopic (exact) mass is 342 g/mol. The Hall–Kier alpha value is -2.73. The van der Waals surface area contributed by atoms with Crippen molar-refractivity contribution in [2.45, 2.75) is 6.42 Å². The van der Waals surface area contributed by atoms with Gasteiger partial charge in [-0.15, -0.1) is 0 Å². The third kappa shape index (κ3) is 4.64. The number of fused-ring (bicyclic) bond motifs is 1. The molecule has 1 aliphatic rings. The number of hydrogen-bond donors (Lipinski definition) is 2. The van der Waals surface area contributed by atoms with E-state index >= 15 is 0 Å². The van der Waals surface area contributed by atoms with Gasteiger partial charge in [0.2, 0.25) is 5.91 Å². The molecular formula is C19H22N2O4. The molecular weight excluding hydrogens is 320 g/mol. The van der Waals surface area contributed by atoms with E-state index in [9.17, 15) is 4.79 Å². The van der Waals surface area contributed by atoms with E-state index in [2.05, 4.69) is 10.6 Å². The van der Waals surface area contributed by atoms with Gasteiger partial charge in [0.25, 0.3) is 0 Å². The number of methoxy groups -OCH3 is 1. The maximum atomic E-state index is 12.0. The summed E-state index contributed by atoms with van der Waals surface area (Å²) in [6, 6.07) is 13.3. The van der Waals surface area contributed by atoms with Crippen LogP contribution in [0, 0.1) is 0 Å². The van der Waals surface area contributed by atoms with Gasteiger partial charge in [0.1, 0.15) is 19.0 Å². The molecule has 1 heterocycles. The molecule has 2 aromatic carbocycles. The predicted octanol–water partition coefficient (Wildman–Crippen LogP) is 2.24. The summed E-state index contributed by atoms with van der Waals surface area (Å²) in [5.41, 5.74) is 1.81. The van der Waals surface area contributed by atoms with Gasteiger partial charge in [0.05, 0.1) is 13.7 Å². The minimum Gasteiger partial charge on any atom is -0.496 e. The first-order chi connectivity index (χ1) is 12.3. The van der Waals surface area contributed by atoms with Crippen LogP contribution in [0.15, 0.2) is 42.5 Å². The van der Waals surface area contributed by atoms with Crippen molar-refractivity contribution in [3.63, 3.8) is 0 Å². The van der Waals surface area contributed by atoms with Crippen molar-refractivity contribution in [2.75, 3.05) is 38.7 Å². The van der Waals surface area contributed by atoms with Crippen LogP contribution in [-0.4, -0.2) is 39.3 Å². The second kappa shape index (κ2) is 8.39. The van der Waals surface area contributed by atoms with E-state index in [4.69, 9.17) is 14.2 Å². The summed E-state index contributed by atoms with van der Waals surface area (Å²) in [4.78, 5) is 12.0. The van der Waals surface area contributed by atoms with Gasteiger partial charge in [0, 0.05) is 11.8 Å². The van der Waals surface area contributed by atoms with Gasteiger partial charge in [-0.1, -0.05) is 18.2 Å². The zero-order valence-electron chi connectivity index (χ0n) is 14.2. The lowest BCUT2D eigenvalue weighted by molar-refractivity contribution is -0.115. The van der Waals surface area contributed by atoms with Crippen LogP contribution < -0.4 is 24.8 Å². The van der Waals surface area contributed by atoms with Crippen LogP contribution in [0.5, 0.6) is 17.2 Å². The summed E-state index contributed by atoms with van der Waals surface area (Å²) >= 11 is 0. The molecule has 0 saturated carbocycles. The maximum absolute atomic E-state index is 12.0. The summed E-state index contributed by atoms with van der Waals surface area (Å²) < 4.78 is 16.3. The molecule has 2 N–H and O–H groups in total. The van der Waals surface area contributed by atoms with Crippen LogP contribution in [0.4, 0.5) is 5.69 Å². The number of anilines is 1. The fourth-order valence-electron chi connectivity index (χ4n) is 2.66. The Balaban J connectivity index is 1.44. The largest absolute Gasteiger partial charge is 0.496 e. The van der Waals surface area contributed by atoms with Crippen LogP contribution in [0.3, 0.4) is 0 Å². The van der Waals surface area contributed by atoms with Gasteiger partial charge >= 0.3 is 0 Å². The van der Waals surface area contributed by atoms with E-state index in [-0.39, 0.29) is 12.5 Å². The number of carbonyl (C=O) groups excluding carboxylic acids is 1. The zero-order chi connectivity index (χ0) is 17.5. The minimum atomic E-state index is -0.100. The lowest BCUT2D eigenvalue weighted by atomic mass is 10.1. The van der Waals surface area contributed by atoms with Crippen LogP contribution in [0.25, 0.3) is 0 Å². The van der Waals surface area contributed by atoms with E-state index in [0.717, 1.165) is 17.7 Å². The van der Waals surface area contributed by atoms with Crippen LogP contribution >= 0.6 is 0 Å². The summed E-state index contributed by atoms with van der Waals surface area (Å²) in [5, 5.41) is 6.00. The molecule has 25 heavy (non-hydrogen) atoms. The Labute approximate surface area is 147 Å². The Morgan fingerprint density at radius 2 is 1.92 bits per heavy atom. The molecule has 0 spiro atoms. The number of hydrogen-bond acceptors (Lipinski definition) is 5. The second-order valence-electron chi connectivity index (χ2n) is 5.65. The van der Waals surface area contributed by atoms with Gasteiger partial charge in [-0.2, -0.15) is 0 Å². The zero-order valence-corrected chi connectivity index (χ0v) is 14.2. The Morgan fingerprint density at radius 1 is 1.12 bits per heavy atom. The van der Waals surface area contributed by atoms with Crippen molar-refractivity contribution in [1.29, 1.82) is 0 Å². The second-order valence-corrected chi connectivity index (χ2v) is 5.65. The lowest BCUT2D eigenvalue weighted by Gasteiger charge is -2.19. The third-order valence-electron chi connectivity index (χ3n) is 3.88.